The van der Waals surface area contributed by atoms with E-state index >= 15 is 0 Å². The highest BCUT2D eigenvalue weighted by atomic mass is 16.5. The molecule has 1 aromatic rings. The van der Waals surface area contributed by atoms with Crippen molar-refractivity contribution in [3.05, 3.63) is 24.0 Å². The lowest BCUT2D eigenvalue weighted by molar-refractivity contribution is 0.111. The molecule has 1 aromatic heterocycles. The van der Waals surface area contributed by atoms with Gasteiger partial charge in [-0.25, -0.2) is 4.98 Å². The standard InChI is InChI=1S/C12H18N2O2/c1-3-14(4-2)7-8-16-12-6-5-11(10-15)13-9-12/h5-6,9-10H,3-4,7-8H2,1-2H3. The first kappa shape index (κ1) is 12.6. The lowest BCUT2D eigenvalue weighted by atomic mass is 10.4. The predicted molar refractivity (Wildman–Crippen MR) is 62.9 cm³/mol. The number of nitrogens with zero attached hydrogens (tertiary/aromatic N) is 2. The lowest BCUT2D eigenvalue weighted by Gasteiger charge is -2.17. The molecule has 0 bridgehead atoms. The van der Waals surface area contributed by atoms with Crippen LogP contribution in [0.4, 0.5) is 0 Å². The molecule has 16 heavy (non-hydrogen) atoms. The fraction of sp³-hybridized carbons (Fsp3) is 0.500. The van der Waals surface area contributed by atoms with Crippen LogP contribution in [-0.4, -0.2) is 42.4 Å². The number of hydrogen-bond donors (Lipinski definition) is 0. The third-order valence-corrected chi connectivity index (χ3v) is 2.45. The van der Waals surface area contributed by atoms with Gasteiger partial charge in [-0.1, -0.05) is 13.8 Å². The van der Waals surface area contributed by atoms with Gasteiger partial charge in [0.15, 0.2) is 6.29 Å². The monoisotopic (exact) mass is 222 g/mol. The van der Waals surface area contributed by atoms with Gasteiger partial charge in [-0.3, -0.25) is 4.79 Å². The fourth-order valence-corrected chi connectivity index (χ4v) is 1.38. The van der Waals surface area contributed by atoms with E-state index in [-0.39, 0.29) is 0 Å². The molecule has 88 valence electrons. The van der Waals surface area contributed by atoms with E-state index in [0.29, 0.717) is 18.1 Å². The highest BCUT2D eigenvalue weighted by Gasteiger charge is 2.00. The molecule has 4 nitrogen and oxygen atoms in total. The molecule has 0 amide bonds. The molecule has 0 radical (unpaired) electrons. The van der Waals surface area contributed by atoms with Gasteiger partial charge in [0.25, 0.3) is 0 Å². The van der Waals surface area contributed by atoms with E-state index in [1.807, 2.05) is 0 Å². The third kappa shape index (κ3) is 3.98. The molecule has 0 saturated heterocycles. The zero-order chi connectivity index (χ0) is 11.8. The van der Waals surface area contributed by atoms with Crippen LogP contribution in [-0.2, 0) is 0 Å². The van der Waals surface area contributed by atoms with Crippen molar-refractivity contribution in [2.45, 2.75) is 13.8 Å². The molecule has 0 atom stereocenters. The second kappa shape index (κ2) is 6.95. The van der Waals surface area contributed by atoms with Gasteiger partial charge in [0, 0.05) is 6.54 Å². The maximum absolute atomic E-state index is 10.4. The normalized spacial score (nSPS) is 10.4. The summed E-state index contributed by atoms with van der Waals surface area (Å²) in [4.78, 5) is 16.6. The Kier molecular flexibility index (Phi) is 5.50. The van der Waals surface area contributed by atoms with Crippen LogP contribution in [0.15, 0.2) is 18.3 Å². The van der Waals surface area contributed by atoms with E-state index in [4.69, 9.17) is 4.74 Å². The average molecular weight is 222 g/mol. The van der Waals surface area contributed by atoms with Crippen LogP contribution in [0, 0.1) is 0 Å². The largest absolute Gasteiger partial charge is 0.491 e. The Morgan fingerprint density at radius 2 is 2.12 bits per heavy atom. The van der Waals surface area contributed by atoms with Crippen molar-refractivity contribution < 1.29 is 9.53 Å². The number of pyridine rings is 1. The van der Waals surface area contributed by atoms with Crippen LogP contribution in [0.1, 0.15) is 24.3 Å². The van der Waals surface area contributed by atoms with Crippen LogP contribution in [0.2, 0.25) is 0 Å². The van der Waals surface area contributed by atoms with Gasteiger partial charge in [-0.05, 0) is 25.2 Å². The summed E-state index contributed by atoms with van der Waals surface area (Å²) in [6, 6.07) is 3.42. The molecular formula is C12H18N2O2. The molecule has 0 unspecified atom stereocenters. The van der Waals surface area contributed by atoms with Crippen molar-refractivity contribution in [3.63, 3.8) is 0 Å². The summed E-state index contributed by atoms with van der Waals surface area (Å²) in [5.41, 5.74) is 0.427. The highest BCUT2D eigenvalue weighted by Crippen LogP contribution is 2.07. The van der Waals surface area contributed by atoms with E-state index in [1.165, 1.54) is 0 Å². The van der Waals surface area contributed by atoms with Crippen molar-refractivity contribution in [2.75, 3.05) is 26.2 Å². The van der Waals surface area contributed by atoms with Gasteiger partial charge in [0.1, 0.15) is 18.1 Å². The van der Waals surface area contributed by atoms with Gasteiger partial charge in [-0.2, -0.15) is 0 Å². The SMILES string of the molecule is CCN(CC)CCOc1ccc(C=O)nc1. The van der Waals surface area contributed by atoms with Crippen LogP contribution in [0.5, 0.6) is 5.75 Å². The Morgan fingerprint density at radius 3 is 2.62 bits per heavy atom. The number of aromatic nitrogens is 1. The number of rotatable bonds is 7. The molecule has 1 rings (SSSR count). The maximum atomic E-state index is 10.4. The van der Waals surface area contributed by atoms with Crippen LogP contribution in [0.25, 0.3) is 0 Å². The Bertz CT molecular complexity index is 307. The predicted octanol–water partition coefficient (Wildman–Crippen LogP) is 1.61. The Labute approximate surface area is 96.2 Å². The minimum atomic E-state index is 0.427. The van der Waals surface area contributed by atoms with E-state index in [1.54, 1.807) is 18.3 Å². The smallest absolute Gasteiger partial charge is 0.168 e. The Hall–Kier alpha value is -1.42. The first-order valence-electron chi connectivity index (χ1n) is 5.56. The van der Waals surface area contributed by atoms with Crippen molar-refractivity contribution in [1.82, 2.24) is 9.88 Å². The molecular weight excluding hydrogens is 204 g/mol. The molecule has 1 heterocycles. The summed E-state index contributed by atoms with van der Waals surface area (Å²) in [6.45, 7) is 7.87. The average Bonchev–Trinajstić information content (AvgIpc) is 2.35. The van der Waals surface area contributed by atoms with Gasteiger partial charge in [-0.15, -0.1) is 0 Å². The van der Waals surface area contributed by atoms with Crippen LogP contribution >= 0.6 is 0 Å². The molecule has 0 N–H and O–H groups in total. The molecule has 0 aliphatic heterocycles. The van der Waals surface area contributed by atoms with Gasteiger partial charge in [0.05, 0.1) is 6.20 Å². The van der Waals surface area contributed by atoms with Crippen molar-refractivity contribution in [1.29, 1.82) is 0 Å². The summed E-state index contributed by atoms with van der Waals surface area (Å²) < 4.78 is 5.52. The fourth-order valence-electron chi connectivity index (χ4n) is 1.38. The lowest BCUT2D eigenvalue weighted by Crippen LogP contribution is -2.27. The molecule has 0 aliphatic rings. The Morgan fingerprint density at radius 1 is 1.38 bits per heavy atom. The first-order chi connectivity index (χ1) is 7.80. The minimum Gasteiger partial charge on any atom is -0.491 e. The number of carbonyl (C=O) groups is 1. The number of aldehydes is 1. The summed E-state index contributed by atoms with van der Waals surface area (Å²) in [5, 5.41) is 0. The van der Waals surface area contributed by atoms with Crippen LogP contribution in [0.3, 0.4) is 0 Å². The molecule has 0 spiro atoms. The second-order valence-corrected chi connectivity index (χ2v) is 3.41. The van der Waals surface area contributed by atoms with Crippen molar-refractivity contribution >= 4 is 6.29 Å². The third-order valence-electron chi connectivity index (χ3n) is 2.45. The molecule has 0 saturated carbocycles. The molecule has 4 heteroatoms. The van der Waals surface area contributed by atoms with Gasteiger partial charge >= 0.3 is 0 Å². The van der Waals surface area contributed by atoms with Crippen molar-refractivity contribution in [2.24, 2.45) is 0 Å². The van der Waals surface area contributed by atoms with Gasteiger partial charge in [0.2, 0.25) is 0 Å². The van der Waals surface area contributed by atoms with E-state index in [9.17, 15) is 4.79 Å². The highest BCUT2D eigenvalue weighted by molar-refractivity contribution is 5.71. The number of ether oxygens (including phenoxy) is 1. The summed E-state index contributed by atoms with van der Waals surface area (Å²) in [6.07, 6.45) is 2.30. The van der Waals surface area contributed by atoms with E-state index in [2.05, 4.69) is 23.7 Å². The molecule has 0 aliphatic carbocycles. The zero-order valence-electron chi connectivity index (χ0n) is 9.85. The number of likely N-dealkylation sites (N-methyl/N-ethyl adjacent to an activating group) is 1. The molecule has 0 aromatic carbocycles. The quantitative estimate of drug-likeness (QED) is 0.657. The number of carbonyl (C=O) groups excluding carboxylic acids is 1. The Balaban J connectivity index is 2.34. The topological polar surface area (TPSA) is 42.4 Å². The maximum Gasteiger partial charge on any atom is 0.168 e. The summed E-state index contributed by atoms with van der Waals surface area (Å²) in [5.74, 6) is 0.706. The minimum absolute atomic E-state index is 0.427. The summed E-state index contributed by atoms with van der Waals surface area (Å²) in [7, 11) is 0. The molecule has 0 fully saturated rings. The zero-order valence-corrected chi connectivity index (χ0v) is 9.85. The van der Waals surface area contributed by atoms with Crippen LogP contribution < -0.4 is 4.74 Å². The van der Waals surface area contributed by atoms with E-state index in [0.717, 1.165) is 25.9 Å². The van der Waals surface area contributed by atoms with Gasteiger partial charge < -0.3 is 9.64 Å². The van der Waals surface area contributed by atoms with Crippen molar-refractivity contribution in [3.8, 4) is 5.75 Å². The number of hydrogen-bond acceptors (Lipinski definition) is 4. The first-order valence-corrected chi connectivity index (χ1v) is 5.56. The van der Waals surface area contributed by atoms with E-state index < -0.39 is 0 Å². The second-order valence-electron chi connectivity index (χ2n) is 3.41. The summed E-state index contributed by atoms with van der Waals surface area (Å²) >= 11 is 0.